The fraction of sp³-hybridized carbons (Fsp3) is 0.833. The lowest BCUT2D eigenvalue weighted by Gasteiger charge is -2.12. The van der Waals surface area contributed by atoms with Crippen LogP contribution in [0, 0.1) is 0 Å². The number of aliphatic hydroxyl groups is 1. The molecule has 4 nitrogen and oxygen atoms in total. The van der Waals surface area contributed by atoms with Crippen molar-refractivity contribution in [2.45, 2.75) is 25.0 Å². The smallest absolute Gasteiger partial charge is 0.250 e. The van der Waals surface area contributed by atoms with Gasteiger partial charge < -0.3 is 16.2 Å². The van der Waals surface area contributed by atoms with E-state index in [0.717, 1.165) is 6.42 Å². The molecular weight excluding hydrogens is 132 g/mol. The SMILES string of the molecule is N[C@H]1CCCNC(=O)C1O. The topological polar surface area (TPSA) is 75.3 Å². The van der Waals surface area contributed by atoms with Gasteiger partial charge in [-0.1, -0.05) is 0 Å². The Labute approximate surface area is 59.4 Å². The summed E-state index contributed by atoms with van der Waals surface area (Å²) in [4.78, 5) is 10.8. The molecule has 0 spiro atoms. The maximum atomic E-state index is 10.8. The number of nitrogens with one attached hydrogen (secondary N) is 1. The zero-order valence-corrected chi connectivity index (χ0v) is 5.71. The third kappa shape index (κ3) is 1.46. The van der Waals surface area contributed by atoms with E-state index in [4.69, 9.17) is 10.8 Å². The summed E-state index contributed by atoms with van der Waals surface area (Å²) in [6.45, 7) is 0.629. The van der Waals surface area contributed by atoms with Crippen LogP contribution in [0.1, 0.15) is 12.8 Å². The van der Waals surface area contributed by atoms with Crippen molar-refractivity contribution in [3.63, 3.8) is 0 Å². The lowest BCUT2D eigenvalue weighted by atomic mass is 10.1. The van der Waals surface area contributed by atoms with Crippen LogP contribution in [0.15, 0.2) is 0 Å². The molecule has 0 saturated carbocycles. The van der Waals surface area contributed by atoms with Crippen molar-refractivity contribution in [3.8, 4) is 0 Å². The molecule has 1 aliphatic rings. The third-order valence-corrected chi connectivity index (χ3v) is 1.69. The molecule has 0 aromatic heterocycles. The second-order valence-electron chi connectivity index (χ2n) is 2.54. The van der Waals surface area contributed by atoms with Crippen molar-refractivity contribution >= 4 is 5.91 Å². The van der Waals surface area contributed by atoms with Gasteiger partial charge in [0.1, 0.15) is 6.10 Å². The Kier molecular flexibility index (Phi) is 2.24. The van der Waals surface area contributed by atoms with Gasteiger partial charge in [0.2, 0.25) is 5.91 Å². The monoisotopic (exact) mass is 144 g/mol. The van der Waals surface area contributed by atoms with Gasteiger partial charge in [0.15, 0.2) is 0 Å². The quantitative estimate of drug-likeness (QED) is 0.391. The summed E-state index contributed by atoms with van der Waals surface area (Å²) < 4.78 is 0. The molecule has 58 valence electrons. The van der Waals surface area contributed by atoms with E-state index in [1.165, 1.54) is 0 Å². The number of aliphatic hydroxyl groups excluding tert-OH is 1. The predicted molar refractivity (Wildman–Crippen MR) is 36.2 cm³/mol. The Balaban J connectivity index is 2.55. The highest BCUT2D eigenvalue weighted by molar-refractivity contribution is 5.81. The van der Waals surface area contributed by atoms with Gasteiger partial charge in [-0.3, -0.25) is 4.79 Å². The van der Waals surface area contributed by atoms with Gasteiger partial charge in [0, 0.05) is 12.6 Å². The fourth-order valence-electron chi connectivity index (χ4n) is 1.01. The van der Waals surface area contributed by atoms with Crippen LogP contribution in [0.3, 0.4) is 0 Å². The molecule has 0 aliphatic carbocycles. The Morgan fingerprint density at radius 3 is 3.10 bits per heavy atom. The second-order valence-corrected chi connectivity index (χ2v) is 2.54. The number of hydrogen-bond acceptors (Lipinski definition) is 3. The zero-order chi connectivity index (χ0) is 7.56. The first-order valence-corrected chi connectivity index (χ1v) is 3.43. The highest BCUT2D eigenvalue weighted by atomic mass is 16.3. The largest absolute Gasteiger partial charge is 0.382 e. The number of carbonyl (C=O) groups excluding carboxylic acids is 1. The highest BCUT2D eigenvalue weighted by Gasteiger charge is 2.24. The number of amides is 1. The number of carbonyl (C=O) groups is 1. The standard InChI is InChI=1S/C6H12N2O2/c7-4-2-1-3-8-6(10)5(4)9/h4-5,9H,1-3,7H2,(H,8,10)/t4-,5?/m0/s1. The maximum absolute atomic E-state index is 10.8. The molecule has 2 atom stereocenters. The van der Waals surface area contributed by atoms with Gasteiger partial charge >= 0.3 is 0 Å². The first-order chi connectivity index (χ1) is 4.72. The molecule has 10 heavy (non-hydrogen) atoms. The minimum absolute atomic E-state index is 0.343. The van der Waals surface area contributed by atoms with Crippen molar-refractivity contribution in [1.82, 2.24) is 5.32 Å². The van der Waals surface area contributed by atoms with E-state index >= 15 is 0 Å². The summed E-state index contributed by atoms with van der Waals surface area (Å²) in [6.07, 6.45) is 0.548. The molecule has 1 fully saturated rings. The van der Waals surface area contributed by atoms with Crippen LogP contribution in [0.25, 0.3) is 0 Å². The summed E-state index contributed by atoms with van der Waals surface area (Å²) in [5.74, 6) is -0.343. The van der Waals surface area contributed by atoms with Crippen LogP contribution in [-0.4, -0.2) is 29.7 Å². The van der Waals surface area contributed by atoms with Crippen LogP contribution in [0.2, 0.25) is 0 Å². The second kappa shape index (κ2) is 2.98. The minimum atomic E-state index is -1.01. The van der Waals surface area contributed by atoms with Crippen LogP contribution in [-0.2, 0) is 4.79 Å². The molecule has 0 aromatic rings. The predicted octanol–water partition coefficient (Wildman–Crippen LogP) is -1.42. The molecule has 1 heterocycles. The zero-order valence-electron chi connectivity index (χ0n) is 5.71. The van der Waals surface area contributed by atoms with Crippen molar-refractivity contribution in [1.29, 1.82) is 0 Å². The number of nitrogens with two attached hydrogens (primary N) is 1. The van der Waals surface area contributed by atoms with Crippen molar-refractivity contribution in [2.75, 3.05) is 6.54 Å². The summed E-state index contributed by atoms with van der Waals surface area (Å²) in [5, 5.41) is 11.6. The van der Waals surface area contributed by atoms with E-state index in [1.54, 1.807) is 0 Å². The average Bonchev–Trinajstić information content (AvgIpc) is 2.04. The van der Waals surface area contributed by atoms with Gasteiger partial charge in [0.25, 0.3) is 0 Å². The molecule has 1 rings (SSSR count). The summed E-state index contributed by atoms with van der Waals surface area (Å²) in [6, 6.07) is -0.387. The Bertz CT molecular complexity index is 138. The average molecular weight is 144 g/mol. The van der Waals surface area contributed by atoms with Gasteiger partial charge in [-0.05, 0) is 12.8 Å². The van der Waals surface area contributed by atoms with E-state index < -0.39 is 6.10 Å². The molecule has 0 radical (unpaired) electrons. The molecule has 1 unspecified atom stereocenters. The van der Waals surface area contributed by atoms with E-state index in [9.17, 15) is 4.79 Å². The Morgan fingerprint density at radius 2 is 2.40 bits per heavy atom. The molecular formula is C6H12N2O2. The van der Waals surface area contributed by atoms with Crippen molar-refractivity contribution in [3.05, 3.63) is 0 Å². The van der Waals surface area contributed by atoms with E-state index in [-0.39, 0.29) is 11.9 Å². The number of hydrogen-bond donors (Lipinski definition) is 3. The highest BCUT2D eigenvalue weighted by Crippen LogP contribution is 2.03. The summed E-state index contributed by atoms with van der Waals surface area (Å²) in [5.41, 5.74) is 5.46. The lowest BCUT2D eigenvalue weighted by Crippen LogP contribution is -2.43. The maximum Gasteiger partial charge on any atom is 0.250 e. The molecule has 1 saturated heterocycles. The summed E-state index contributed by atoms with van der Waals surface area (Å²) >= 11 is 0. The van der Waals surface area contributed by atoms with Crippen LogP contribution in [0.4, 0.5) is 0 Å². The van der Waals surface area contributed by atoms with Crippen LogP contribution in [0.5, 0.6) is 0 Å². The molecule has 1 aliphatic heterocycles. The van der Waals surface area contributed by atoms with Crippen LogP contribution < -0.4 is 11.1 Å². The van der Waals surface area contributed by atoms with Gasteiger partial charge in [-0.25, -0.2) is 0 Å². The molecule has 0 bridgehead atoms. The van der Waals surface area contributed by atoms with E-state index in [2.05, 4.69) is 5.32 Å². The molecule has 4 N–H and O–H groups in total. The van der Waals surface area contributed by atoms with E-state index in [0.29, 0.717) is 13.0 Å². The van der Waals surface area contributed by atoms with Gasteiger partial charge in [-0.2, -0.15) is 0 Å². The normalized spacial score (nSPS) is 34.8. The fourth-order valence-corrected chi connectivity index (χ4v) is 1.01. The molecule has 4 heteroatoms. The first-order valence-electron chi connectivity index (χ1n) is 3.43. The van der Waals surface area contributed by atoms with E-state index in [1.807, 2.05) is 0 Å². The molecule has 0 aromatic carbocycles. The van der Waals surface area contributed by atoms with Crippen LogP contribution >= 0.6 is 0 Å². The third-order valence-electron chi connectivity index (χ3n) is 1.69. The van der Waals surface area contributed by atoms with Crippen molar-refractivity contribution < 1.29 is 9.90 Å². The number of rotatable bonds is 0. The minimum Gasteiger partial charge on any atom is -0.382 e. The lowest BCUT2D eigenvalue weighted by molar-refractivity contribution is -0.129. The summed E-state index contributed by atoms with van der Waals surface area (Å²) in [7, 11) is 0. The van der Waals surface area contributed by atoms with Gasteiger partial charge in [0.05, 0.1) is 0 Å². The molecule has 1 amide bonds. The first kappa shape index (κ1) is 7.50. The van der Waals surface area contributed by atoms with Crippen molar-refractivity contribution in [2.24, 2.45) is 5.73 Å². The Morgan fingerprint density at radius 1 is 1.70 bits per heavy atom. The Hall–Kier alpha value is -0.610. The van der Waals surface area contributed by atoms with Gasteiger partial charge in [-0.15, -0.1) is 0 Å².